The normalized spacial score (nSPS) is 12.9. The third kappa shape index (κ3) is 13.6. The lowest BCUT2D eigenvalue weighted by atomic mass is 9.99. The van der Waals surface area contributed by atoms with E-state index in [1.165, 1.54) is 5.56 Å². The summed E-state index contributed by atoms with van der Waals surface area (Å²) in [5.41, 5.74) is 1.27. The second-order valence-corrected chi connectivity index (χ2v) is 12.1. The molecule has 1 aromatic rings. The Kier molecular flexibility index (Phi) is 16.9. The molecule has 0 aliphatic heterocycles. The van der Waals surface area contributed by atoms with Crippen molar-refractivity contribution < 1.29 is 19.1 Å². The number of hydrogen-bond acceptors (Lipinski definition) is 5. The Morgan fingerprint density at radius 3 is 2.15 bits per heavy atom. The number of hydrogen-bond donors (Lipinski definition) is 2. The highest BCUT2D eigenvalue weighted by atomic mass is 32.2. The molecule has 2 unspecified atom stereocenters. The van der Waals surface area contributed by atoms with Crippen molar-refractivity contribution in [1.82, 2.24) is 15.5 Å². The van der Waals surface area contributed by atoms with Crippen molar-refractivity contribution in [3.63, 3.8) is 0 Å². The molecule has 0 aliphatic rings. The highest BCUT2D eigenvalue weighted by Gasteiger charge is 2.35. The Morgan fingerprint density at radius 2 is 1.59 bits per heavy atom. The van der Waals surface area contributed by atoms with Crippen LogP contribution in [0.1, 0.15) is 110 Å². The fraction of sp³-hybridized carbons (Fsp3) is 0.710. The molecule has 0 heterocycles. The van der Waals surface area contributed by atoms with E-state index in [2.05, 4.69) is 31.4 Å². The highest BCUT2D eigenvalue weighted by molar-refractivity contribution is 7.98. The number of amides is 3. The average molecular weight is 564 g/mol. The van der Waals surface area contributed by atoms with E-state index < -0.39 is 23.8 Å². The van der Waals surface area contributed by atoms with E-state index in [9.17, 15) is 14.4 Å². The lowest BCUT2D eigenvalue weighted by molar-refractivity contribution is -0.142. The molecule has 0 radical (unpaired) electrons. The van der Waals surface area contributed by atoms with E-state index >= 15 is 0 Å². The number of unbranched alkanes of at least 4 members (excludes halogenated alkanes) is 5. The summed E-state index contributed by atoms with van der Waals surface area (Å²) < 4.78 is 5.48. The van der Waals surface area contributed by atoms with E-state index in [0.717, 1.165) is 56.9 Å². The Bertz CT molecular complexity index is 854. The van der Waals surface area contributed by atoms with Gasteiger partial charge in [0.05, 0.1) is 0 Å². The van der Waals surface area contributed by atoms with Gasteiger partial charge in [-0.25, -0.2) is 4.79 Å². The van der Waals surface area contributed by atoms with Gasteiger partial charge >= 0.3 is 6.09 Å². The maximum atomic E-state index is 14.2. The maximum absolute atomic E-state index is 14.2. The zero-order valence-electron chi connectivity index (χ0n) is 25.4. The Labute approximate surface area is 241 Å². The van der Waals surface area contributed by atoms with Crippen LogP contribution in [0.3, 0.4) is 0 Å². The third-order valence-electron chi connectivity index (χ3n) is 6.48. The van der Waals surface area contributed by atoms with E-state index in [1.807, 2.05) is 30.5 Å². The monoisotopic (exact) mass is 563 g/mol. The highest BCUT2D eigenvalue weighted by Crippen LogP contribution is 2.25. The molecule has 0 saturated heterocycles. The van der Waals surface area contributed by atoms with Gasteiger partial charge in [0.2, 0.25) is 11.8 Å². The van der Waals surface area contributed by atoms with Crippen LogP contribution in [-0.2, 0) is 20.7 Å². The van der Waals surface area contributed by atoms with Gasteiger partial charge in [-0.05, 0) is 69.6 Å². The quantitative estimate of drug-likeness (QED) is 0.195. The molecule has 7 nitrogen and oxygen atoms in total. The molecule has 0 spiro atoms. The summed E-state index contributed by atoms with van der Waals surface area (Å²) in [6.07, 6.45) is 9.65. The number of aryl methyl sites for hydroxylation is 1. The number of carbonyl (C=O) groups excluding carboxylic acids is 3. The van der Waals surface area contributed by atoms with Crippen LogP contribution in [0.4, 0.5) is 4.79 Å². The van der Waals surface area contributed by atoms with Crippen molar-refractivity contribution in [2.75, 3.05) is 25.1 Å². The van der Waals surface area contributed by atoms with E-state index in [0.29, 0.717) is 25.3 Å². The molecular weight excluding hydrogens is 510 g/mol. The summed E-state index contributed by atoms with van der Waals surface area (Å²) in [5, 5.41) is 5.88. The van der Waals surface area contributed by atoms with Crippen LogP contribution in [0.15, 0.2) is 24.3 Å². The summed E-state index contributed by atoms with van der Waals surface area (Å²) in [4.78, 5) is 42.3. The molecule has 39 heavy (non-hydrogen) atoms. The first-order chi connectivity index (χ1) is 18.6. The standard InChI is InChI=1S/C31H53N3O4S/c1-8-11-13-14-15-22-34(29(36)26(20-23-39-7)33-30(37)38-31(4,5)6)27(28(35)32-21-12-9-2)25-18-16-24(10-3)17-19-25/h16-19,26-27H,8-15,20-23H2,1-7H3,(H,32,35)(H,33,37). The summed E-state index contributed by atoms with van der Waals surface area (Å²) >= 11 is 1.61. The molecule has 0 aromatic heterocycles. The fourth-order valence-electron chi connectivity index (χ4n) is 4.29. The number of nitrogens with zero attached hydrogens (tertiary/aromatic N) is 1. The van der Waals surface area contributed by atoms with Crippen LogP contribution in [0.2, 0.25) is 0 Å². The molecule has 0 aliphatic carbocycles. The zero-order chi connectivity index (χ0) is 29.3. The maximum Gasteiger partial charge on any atom is 0.408 e. The Balaban J connectivity index is 3.42. The van der Waals surface area contributed by atoms with Gasteiger partial charge in [-0.3, -0.25) is 9.59 Å². The largest absolute Gasteiger partial charge is 0.444 e. The average Bonchev–Trinajstić information content (AvgIpc) is 2.89. The van der Waals surface area contributed by atoms with Crippen LogP contribution >= 0.6 is 11.8 Å². The van der Waals surface area contributed by atoms with Gasteiger partial charge in [0, 0.05) is 13.1 Å². The van der Waals surface area contributed by atoms with Gasteiger partial charge in [0.15, 0.2) is 0 Å². The van der Waals surface area contributed by atoms with E-state index in [-0.39, 0.29) is 11.8 Å². The molecule has 1 rings (SSSR count). The molecule has 8 heteroatoms. The minimum Gasteiger partial charge on any atom is -0.444 e. The predicted octanol–water partition coefficient (Wildman–Crippen LogP) is 6.65. The number of thioether (sulfide) groups is 1. The summed E-state index contributed by atoms with van der Waals surface area (Å²) in [6, 6.07) is 6.40. The van der Waals surface area contributed by atoms with E-state index in [1.54, 1.807) is 37.4 Å². The first-order valence-electron chi connectivity index (χ1n) is 14.7. The topological polar surface area (TPSA) is 87.7 Å². The van der Waals surface area contributed by atoms with Gasteiger partial charge in [0.1, 0.15) is 17.7 Å². The van der Waals surface area contributed by atoms with Crippen molar-refractivity contribution in [3.05, 3.63) is 35.4 Å². The van der Waals surface area contributed by atoms with Gasteiger partial charge in [0.25, 0.3) is 0 Å². The van der Waals surface area contributed by atoms with Gasteiger partial charge in [-0.2, -0.15) is 11.8 Å². The number of ether oxygens (including phenoxy) is 1. The molecule has 222 valence electrons. The summed E-state index contributed by atoms with van der Waals surface area (Å²) in [5.74, 6) is 0.255. The van der Waals surface area contributed by atoms with E-state index in [4.69, 9.17) is 4.74 Å². The van der Waals surface area contributed by atoms with Crippen LogP contribution in [-0.4, -0.2) is 59.5 Å². The molecular formula is C31H53N3O4S. The molecule has 0 saturated carbocycles. The molecule has 3 amide bonds. The second kappa shape index (κ2) is 19.0. The van der Waals surface area contributed by atoms with Crippen molar-refractivity contribution in [3.8, 4) is 0 Å². The Morgan fingerprint density at radius 1 is 0.949 bits per heavy atom. The minimum absolute atomic E-state index is 0.185. The first-order valence-corrected chi connectivity index (χ1v) is 16.1. The smallest absolute Gasteiger partial charge is 0.408 e. The predicted molar refractivity (Wildman–Crippen MR) is 163 cm³/mol. The van der Waals surface area contributed by atoms with Gasteiger partial charge < -0.3 is 20.3 Å². The molecule has 2 atom stereocenters. The van der Waals surface area contributed by atoms with Crippen LogP contribution < -0.4 is 10.6 Å². The third-order valence-corrected chi connectivity index (χ3v) is 7.12. The molecule has 2 N–H and O–H groups in total. The number of nitrogens with one attached hydrogen (secondary N) is 2. The van der Waals surface area contributed by atoms with Crippen molar-refractivity contribution in [2.24, 2.45) is 0 Å². The SMILES string of the molecule is CCCCCCCN(C(=O)C(CCSC)NC(=O)OC(C)(C)C)C(C(=O)NCCCC)c1ccc(CC)cc1. The lowest BCUT2D eigenvalue weighted by Crippen LogP contribution is -2.53. The molecule has 1 aromatic carbocycles. The van der Waals surface area contributed by atoms with Crippen LogP contribution in [0.5, 0.6) is 0 Å². The van der Waals surface area contributed by atoms with Gasteiger partial charge in [-0.1, -0.05) is 77.1 Å². The molecule has 0 bridgehead atoms. The molecule has 0 fully saturated rings. The Hall–Kier alpha value is -2.22. The van der Waals surface area contributed by atoms with Crippen LogP contribution in [0.25, 0.3) is 0 Å². The number of carbonyl (C=O) groups is 3. The number of benzene rings is 1. The summed E-state index contributed by atoms with van der Waals surface area (Å²) in [6.45, 7) is 12.7. The zero-order valence-corrected chi connectivity index (χ0v) is 26.3. The first kappa shape index (κ1) is 34.8. The second-order valence-electron chi connectivity index (χ2n) is 11.1. The number of alkyl carbamates (subject to hydrolysis) is 1. The lowest BCUT2D eigenvalue weighted by Gasteiger charge is -2.34. The fourth-order valence-corrected chi connectivity index (χ4v) is 4.76. The van der Waals surface area contributed by atoms with Crippen molar-refractivity contribution >= 4 is 29.7 Å². The summed E-state index contributed by atoms with van der Waals surface area (Å²) in [7, 11) is 0. The number of rotatable bonds is 18. The van der Waals surface area contributed by atoms with Crippen molar-refractivity contribution in [2.45, 2.75) is 117 Å². The van der Waals surface area contributed by atoms with Gasteiger partial charge in [-0.15, -0.1) is 0 Å². The van der Waals surface area contributed by atoms with Crippen molar-refractivity contribution in [1.29, 1.82) is 0 Å². The minimum atomic E-state index is -0.788. The van der Waals surface area contributed by atoms with Crippen LogP contribution in [0, 0.1) is 0 Å².